The molecule has 0 saturated heterocycles. The molecule has 1 atom stereocenters. The third kappa shape index (κ3) is 3.51. The highest BCUT2D eigenvalue weighted by atomic mass is 127. The molecule has 0 bridgehead atoms. The Morgan fingerprint density at radius 3 is 2.88 bits per heavy atom. The fourth-order valence-corrected chi connectivity index (χ4v) is 3.40. The van der Waals surface area contributed by atoms with Crippen molar-refractivity contribution in [2.75, 3.05) is 0 Å². The van der Waals surface area contributed by atoms with Gasteiger partial charge in [0.05, 0.1) is 6.04 Å². The Morgan fingerprint density at radius 1 is 1.41 bits per heavy atom. The number of nitrogens with one attached hydrogen (secondary N) is 1. The molecular formula is C12H12BrIN2S. The molecule has 3 N–H and O–H groups in total. The summed E-state index contributed by atoms with van der Waals surface area (Å²) >= 11 is 7.61. The number of benzene rings is 1. The second-order valence-electron chi connectivity index (χ2n) is 3.72. The van der Waals surface area contributed by atoms with Crippen LogP contribution < -0.4 is 11.3 Å². The molecule has 0 radical (unpaired) electrons. The number of halogens is 2. The Labute approximate surface area is 127 Å². The van der Waals surface area contributed by atoms with Crippen LogP contribution in [-0.2, 0) is 6.42 Å². The maximum absolute atomic E-state index is 5.67. The van der Waals surface area contributed by atoms with Gasteiger partial charge in [0, 0.05) is 8.04 Å². The molecule has 90 valence electrons. The monoisotopic (exact) mass is 422 g/mol. The summed E-state index contributed by atoms with van der Waals surface area (Å²) in [6.07, 6.45) is 0.901. The summed E-state index contributed by atoms with van der Waals surface area (Å²) in [5.41, 5.74) is 5.40. The first kappa shape index (κ1) is 13.5. The van der Waals surface area contributed by atoms with Gasteiger partial charge in [0.1, 0.15) is 0 Å². The molecule has 5 heteroatoms. The Bertz CT molecular complexity index is 487. The molecule has 0 spiro atoms. The molecule has 1 unspecified atom stereocenters. The van der Waals surface area contributed by atoms with Crippen molar-refractivity contribution in [2.24, 2.45) is 5.84 Å². The van der Waals surface area contributed by atoms with Crippen molar-refractivity contribution in [1.82, 2.24) is 5.43 Å². The molecule has 0 amide bonds. The van der Waals surface area contributed by atoms with Crippen molar-refractivity contribution in [2.45, 2.75) is 12.5 Å². The third-order valence-electron chi connectivity index (χ3n) is 2.55. The minimum absolute atomic E-state index is 0.133. The molecule has 2 nitrogen and oxygen atoms in total. The normalized spacial score (nSPS) is 12.6. The molecule has 2 rings (SSSR count). The van der Waals surface area contributed by atoms with Crippen LogP contribution in [0.2, 0.25) is 0 Å². The van der Waals surface area contributed by atoms with Crippen LogP contribution in [0.3, 0.4) is 0 Å². The maximum Gasteiger partial charge on any atom is 0.0512 e. The molecule has 0 aliphatic heterocycles. The maximum atomic E-state index is 5.67. The van der Waals surface area contributed by atoms with E-state index in [-0.39, 0.29) is 6.04 Å². The summed E-state index contributed by atoms with van der Waals surface area (Å²) < 4.78 is 2.31. The number of thiophene rings is 1. The van der Waals surface area contributed by atoms with Gasteiger partial charge >= 0.3 is 0 Å². The van der Waals surface area contributed by atoms with Crippen LogP contribution in [0, 0.1) is 3.57 Å². The van der Waals surface area contributed by atoms with Gasteiger partial charge in [0.15, 0.2) is 0 Å². The van der Waals surface area contributed by atoms with Crippen LogP contribution >= 0.6 is 49.9 Å². The second-order valence-corrected chi connectivity index (χ2v) is 6.60. The highest BCUT2D eigenvalue weighted by Crippen LogP contribution is 2.27. The predicted molar refractivity (Wildman–Crippen MR) is 84.9 cm³/mol. The molecule has 1 aromatic carbocycles. The largest absolute Gasteiger partial charge is 0.271 e. The van der Waals surface area contributed by atoms with E-state index in [2.05, 4.69) is 79.0 Å². The number of nitrogens with two attached hydrogens (primary N) is 1. The lowest BCUT2D eigenvalue weighted by atomic mass is 10.0. The Kier molecular flexibility index (Phi) is 4.98. The van der Waals surface area contributed by atoms with E-state index < -0.39 is 0 Å². The van der Waals surface area contributed by atoms with E-state index >= 15 is 0 Å². The van der Waals surface area contributed by atoms with Gasteiger partial charge in [-0.2, -0.15) is 11.3 Å². The highest BCUT2D eigenvalue weighted by Gasteiger charge is 2.14. The predicted octanol–water partition coefficient (Wildman–Crippen LogP) is 3.86. The summed E-state index contributed by atoms with van der Waals surface area (Å²) in [6.45, 7) is 0. The van der Waals surface area contributed by atoms with E-state index in [1.54, 1.807) is 11.3 Å². The van der Waals surface area contributed by atoms with Gasteiger partial charge in [-0.1, -0.05) is 15.9 Å². The van der Waals surface area contributed by atoms with E-state index in [4.69, 9.17) is 5.84 Å². The summed E-state index contributed by atoms with van der Waals surface area (Å²) in [4.78, 5) is 0. The van der Waals surface area contributed by atoms with Crippen LogP contribution in [0.1, 0.15) is 17.2 Å². The molecule has 0 aliphatic rings. The summed E-state index contributed by atoms with van der Waals surface area (Å²) in [5, 5.41) is 4.25. The summed E-state index contributed by atoms with van der Waals surface area (Å²) in [6, 6.07) is 8.56. The highest BCUT2D eigenvalue weighted by molar-refractivity contribution is 14.1. The standard InChI is InChI=1S/C12H12BrIN2S/c13-11-2-1-9(14)6-10(11)12(16-15)5-8-3-4-17-7-8/h1-4,6-7,12,16H,5,15H2. The van der Waals surface area contributed by atoms with Crippen molar-refractivity contribution >= 4 is 49.9 Å². The number of hydrazine groups is 1. The van der Waals surface area contributed by atoms with Crippen molar-refractivity contribution in [3.63, 3.8) is 0 Å². The minimum atomic E-state index is 0.133. The fraction of sp³-hybridized carbons (Fsp3) is 0.167. The van der Waals surface area contributed by atoms with Gasteiger partial charge < -0.3 is 0 Å². The first-order valence-corrected chi connectivity index (χ1v) is 7.94. The molecule has 0 aliphatic carbocycles. The van der Waals surface area contributed by atoms with Crippen molar-refractivity contribution in [3.8, 4) is 0 Å². The Balaban J connectivity index is 2.25. The van der Waals surface area contributed by atoms with Gasteiger partial charge in [0.25, 0.3) is 0 Å². The van der Waals surface area contributed by atoms with Crippen LogP contribution in [0.15, 0.2) is 39.5 Å². The zero-order valence-corrected chi connectivity index (χ0v) is 13.6. The lowest BCUT2D eigenvalue weighted by molar-refractivity contribution is 0.550. The molecule has 1 heterocycles. The average molecular weight is 423 g/mol. The van der Waals surface area contributed by atoms with E-state index in [1.165, 1.54) is 14.7 Å². The first-order chi connectivity index (χ1) is 8.20. The lowest BCUT2D eigenvalue weighted by Crippen LogP contribution is -2.29. The zero-order valence-electron chi connectivity index (χ0n) is 8.99. The summed E-state index contributed by atoms with van der Waals surface area (Å²) in [5.74, 6) is 5.67. The van der Waals surface area contributed by atoms with Crippen molar-refractivity contribution in [1.29, 1.82) is 0 Å². The van der Waals surface area contributed by atoms with Gasteiger partial charge in [-0.05, 0) is 75.2 Å². The smallest absolute Gasteiger partial charge is 0.0512 e. The number of hydrogen-bond acceptors (Lipinski definition) is 3. The minimum Gasteiger partial charge on any atom is -0.271 e. The van der Waals surface area contributed by atoms with Gasteiger partial charge in [-0.15, -0.1) is 0 Å². The Morgan fingerprint density at radius 2 is 2.24 bits per heavy atom. The number of hydrogen-bond donors (Lipinski definition) is 2. The average Bonchev–Trinajstić information content (AvgIpc) is 2.82. The quantitative estimate of drug-likeness (QED) is 0.446. The Hall–Kier alpha value is 0.0500. The fourth-order valence-electron chi connectivity index (χ4n) is 1.68. The lowest BCUT2D eigenvalue weighted by Gasteiger charge is -2.17. The second kappa shape index (κ2) is 6.29. The molecule has 0 saturated carbocycles. The van der Waals surface area contributed by atoms with E-state index in [9.17, 15) is 0 Å². The zero-order chi connectivity index (χ0) is 12.3. The van der Waals surface area contributed by atoms with Crippen LogP contribution in [0.5, 0.6) is 0 Å². The number of rotatable bonds is 4. The van der Waals surface area contributed by atoms with Gasteiger partial charge in [0.2, 0.25) is 0 Å². The van der Waals surface area contributed by atoms with Crippen LogP contribution in [0.25, 0.3) is 0 Å². The molecule has 2 aromatic rings. The van der Waals surface area contributed by atoms with Crippen molar-refractivity contribution < 1.29 is 0 Å². The van der Waals surface area contributed by atoms with E-state index in [1.807, 2.05) is 0 Å². The van der Waals surface area contributed by atoms with Gasteiger partial charge in [-0.3, -0.25) is 11.3 Å². The topological polar surface area (TPSA) is 38.0 Å². The molecule has 1 aromatic heterocycles. The van der Waals surface area contributed by atoms with Crippen LogP contribution in [-0.4, -0.2) is 0 Å². The first-order valence-electron chi connectivity index (χ1n) is 5.13. The third-order valence-corrected chi connectivity index (χ3v) is 4.68. The van der Waals surface area contributed by atoms with Gasteiger partial charge in [-0.25, -0.2) is 0 Å². The molecule has 17 heavy (non-hydrogen) atoms. The molecular weight excluding hydrogens is 411 g/mol. The SMILES string of the molecule is NNC(Cc1ccsc1)c1cc(I)ccc1Br. The summed E-state index contributed by atoms with van der Waals surface area (Å²) in [7, 11) is 0. The molecule has 0 fully saturated rings. The van der Waals surface area contributed by atoms with E-state index in [0.29, 0.717) is 0 Å². The van der Waals surface area contributed by atoms with E-state index in [0.717, 1.165) is 10.9 Å². The van der Waals surface area contributed by atoms with Crippen molar-refractivity contribution in [3.05, 3.63) is 54.2 Å². The van der Waals surface area contributed by atoms with Crippen LogP contribution in [0.4, 0.5) is 0 Å².